The molecule has 0 atom stereocenters. The third-order valence-electron chi connectivity index (χ3n) is 4.38. The summed E-state index contributed by atoms with van der Waals surface area (Å²) < 4.78 is 19.2. The molecule has 25 heavy (non-hydrogen) atoms. The number of carbonyl (C=O) groups is 1. The number of ketones is 1. The Balaban J connectivity index is 1.60. The molecule has 4 nitrogen and oxygen atoms in total. The van der Waals surface area contributed by atoms with E-state index in [0.717, 1.165) is 38.4 Å². The van der Waals surface area contributed by atoms with Crippen LogP contribution in [0.3, 0.4) is 0 Å². The maximum atomic E-state index is 13.8. The molecule has 0 aliphatic carbocycles. The van der Waals surface area contributed by atoms with Crippen molar-refractivity contribution in [3.8, 4) is 0 Å². The van der Waals surface area contributed by atoms with Crippen LogP contribution in [0.4, 0.5) is 10.1 Å². The molecule has 2 aromatic carbocycles. The first-order valence-corrected chi connectivity index (χ1v) is 8.55. The molecule has 1 heterocycles. The Bertz CT molecular complexity index is 725. The van der Waals surface area contributed by atoms with Gasteiger partial charge in [0.15, 0.2) is 5.78 Å². The van der Waals surface area contributed by atoms with Crippen molar-refractivity contribution in [2.24, 2.45) is 0 Å². The van der Waals surface area contributed by atoms with E-state index in [4.69, 9.17) is 4.74 Å². The van der Waals surface area contributed by atoms with E-state index in [9.17, 15) is 9.18 Å². The quantitative estimate of drug-likeness (QED) is 0.816. The van der Waals surface area contributed by atoms with Crippen molar-refractivity contribution >= 4 is 11.5 Å². The monoisotopic (exact) mass is 342 g/mol. The van der Waals surface area contributed by atoms with Gasteiger partial charge < -0.3 is 10.1 Å². The lowest BCUT2D eigenvalue weighted by atomic mass is 10.1. The summed E-state index contributed by atoms with van der Waals surface area (Å²) in [6.07, 6.45) is 0. The van der Waals surface area contributed by atoms with Gasteiger partial charge in [0.2, 0.25) is 0 Å². The Morgan fingerprint density at radius 2 is 1.80 bits per heavy atom. The number of rotatable bonds is 6. The summed E-state index contributed by atoms with van der Waals surface area (Å²) in [4.78, 5) is 14.0. The average molecular weight is 342 g/mol. The summed E-state index contributed by atoms with van der Waals surface area (Å²) in [5.41, 5.74) is 3.00. The molecule has 0 unspecified atom stereocenters. The fourth-order valence-electron chi connectivity index (χ4n) is 3.01. The first-order chi connectivity index (χ1) is 12.1. The number of anilines is 1. The number of hydrogen-bond donors (Lipinski definition) is 1. The lowest BCUT2D eigenvalue weighted by Crippen LogP contribution is -2.35. The molecule has 0 radical (unpaired) electrons. The van der Waals surface area contributed by atoms with Crippen LogP contribution in [0, 0.1) is 5.82 Å². The second-order valence-electron chi connectivity index (χ2n) is 6.28. The largest absolute Gasteiger partial charge is 0.380 e. The highest BCUT2D eigenvalue weighted by Gasteiger charge is 2.13. The van der Waals surface area contributed by atoms with Crippen LogP contribution in [0.15, 0.2) is 42.5 Å². The molecule has 1 N–H and O–H groups in total. The van der Waals surface area contributed by atoms with Gasteiger partial charge in [0.05, 0.1) is 18.8 Å². The van der Waals surface area contributed by atoms with Gasteiger partial charge in [-0.25, -0.2) is 4.39 Å². The summed E-state index contributed by atoms with van der Waals surface area (Å²) in [6, 6.07) is 13.0. The van der Waals surface area contributed by atoms with E-state index >= 15 is 0 Å². The summed E-state index contributed by atoms with van der Waals surface area (Å²) >= 11 is 0. The molecule has 3 rings (SSSR count). The predicted octanol–water partition coefficient (Wildman–Crippen LogP) is 3.47. The molecule has 132 valence electrons. The van der Waals surface area contributed by atoms with Crippen molar-refractivity contribution in [2.45, 2.75) is 20.0 Å². The molecular formula is C20H23FN2O2. The van der Waals surface area contributed by atoms with Crippen molar-refractivity contribution in [1.82, 2.24) is 4.90 Å². The van der Waals surface area contributed by atoms with E-state index in [1.807, 2.05) is 0 Å². The number of Topliss-reactive ketones (excluding diaryl/α,β-unsaturated/α-hetero) is 1. The number of benzene rings is 2. The fraction of sp³-hybridized carbons (Fsp3) is 0.350. The van der Waals surface area contributed by atoms with Gasteiger partial charge in [-0.1, -0.05) is 30.3 Å². The van der Waals surface area contributed by atoms with E-state index in [0.29, 0.717) is 12.2 Å². The van der Waals surface area contributed by atoms with Crippen molar-refractivity contribution in [3.63, 3.8) is 0 Å². The molecule has 0 saturated carbocycles. The first kappa shape index (κ1) is 17.6. The third kappa shape index (κ3) is 4.65. The highest BCUT2D eigenvalue weighted by atomic mass is 19.1. The van der Waals surface area contributed by atoms with Gasteiger partial charge in [0.25, 0.3) is 0 Å². The highest BCUT2D eigenvalue weighted by Crippen LogP contribution is 2.20. The van der Waals surface area contributed by atoms with E-state index < -0.39 is 5.82 Å². The zero-order valence-electron chi connectivity index (χ0n) is 14.4. The fourth-order valence-corrected chi connectivity index (χ4v) is 3.01. The number of hydrogen-bond acceptors (Lipinski definition) is 4. The maximum absolute atomic E-state index is 13.8. The predicted molar refractivity (Wildman–Crippen MR) is 96.3 cm³/mol. The van der Waals surface area contributed by atoms with Gasteiger partial charge >= 0.3 is 0 Å². The zero-order valence-corrected chi connectivity index (χ0v) is 14.4. The van der Waals surface area contributed by atoms with Crippen LogP contribution in [0.25, 0.3) is 0 Å². The Hall–Kier alpha value is -2.24. The molecule has 1 aliphatic rings. The number of nitrogens with one attached hydrogen (secondary N) is 1. The maximum Gasteiger partial charge on any atom is 0.164 e. The van der Waals surface area contributed by atoms with Crippen LogP contribution >= 0.6 is 0 Å². The minimum atomic E-state index is -0.488. The van der Waals surface area contributed by atoms with Crippen LogP contribution in [-0.2, 0) is 17.8 Å². The second-order valence-corrected chi connectivity index (χ2v) is 6.28. The molecule has 1 saturated heterocycles. The highest BCUT2D eigenvalue weighted by molar-refractivity contribution is 5.99. The van der Waals surface area contributed by atoms with Gasteiger partial charge in [-0.3, -0.25) is 9.69 Å². The number of carbonyl (C=O) groups excluding carboxylic acids is 1. The molecule has 0 amide bonds. The van der Waals surface area contributed by atoms with Crippen LogP contribution in [-0.4, -0.2) is 37.0 Å². The summed E-state index contributed by atoms with van der Waals surface area (Å²) in [5.74, 6) is -0.764. The van der Waals surface area contributed by atoms with Crippen LogP contribution in [0.1, 0.15) is 28.4 Å². The normalized spacial score (nSPS) is 15.1. The van der Waals surface area contributed by atoms with Crippen LogP contribution in [0.5, 0.6) is 0 Å². The van der Waals surface area contributed by atoms with Crippen molar-refractivity contribution in [1.29, 1.82) is 0 Å². The Morgan fingerprint density at radius 1 is 1.12 bits per heavy atom. The molecule has 5 heteroatoms. The smallest absolute Gasteiger partial charge is 0.164 e. The van der Waals surface area contributed by atoms with Crippen LogP contribution in [0.2, 0.25) is 0 Å². The van der Waals surface area contributed by atoms with E-state index in [1.54, 1.807) is 12.1 Å². The molecule has 0 spiro atoms. The number of morpholine rings is 1. The zero-order chi connectivity index (χ0) is 17.6. The van der Waals surface area contributed by atoms with Gasteiger partial charge in [-0.2, -0.15) is 0 Å². The van der Waals surface area contributed by atoms with Gasteiger partial charge in [-0.05, 0) is 30.2 Å². The number of nitrogens with zero attached hydrogens (tertiary/aromatic N) is 1. The third-order valence-corrected chi connectivity index (χ3v) is 4.38. The molecule has 0 bridgehead atoms. The number of ether oxygens (including phenoxy) is 1. The van der Waals surface area contributed by atoms with Gasteiger partial charge in [-0.15, -0.1) is 0 Å². The Morgan fingerprint density at radius 3 is 2.48 bits per heavy atom. The summed E-state index contributed by atoms with van der Waals surface area (Å²) in [5, 5.41) is 3.16. The lowest BCUT2D eigenvalue weighted by molar-refractivity contribution is 0.0342. The minimum Gasteiger partial charge on any atom is -0.380 e. The van der Waals surface area contributed by atoms with Crippen LogP contribution < -0.4 is 5.32 Å². The molecule has 1 aliphatic heterocycles. The average Bonchev–Trinajstić information content (AvgIpc) is 2.62. The van der Waals surface area contributed by atoms with Crippen molar-refractivity contribution in [3.05, 3.63) is 65.0 Å². The van der Waals surface area contributed by atoms with E-state index in [1.165, 1.54) is 18.6 Å². The molecule has 0 aromatic heterocycles. The summed E-state index contributed by atoms with van der Waals surface area (Å²) in [7, 11) is 0. The van der Waals surface area contributed by atoms with E-state index in [-0.39, 0.29) is 11.3 Å². The SMILES string of the molecule is CC(=O)c1c(F)cccc1NCc1ccc(CN2CCOCC2)cc1. The van der Waals surface area contributed by atoms with Gasteiger partial charge in [0.1, 0.15) is 5.82 Å². The molecule has 2 aromatic rings. The number of halogens is 1. The minimum absolute atomic E-state index is 0.117. The lowest BCUT2D eigenvalue weighted by Gasteiger charge is -2.26. The standard InChI is InChI=1S/C20H23FN2O2/c1-15(24)20-18(21)3-2-4-19(20)22-13-16-5-7-17(8-6-16)14-23-9-11-25-12-10-23/h2-8,22H,9-14H2,1H3. The van der Waals surface area contributed by atoms with Crippen molar-refractivity contribution < 1.29 is 13.9 Å². The van der Waals surface area contributed by atoms with Gasteiger partial charge in [0, 0.05) is 31.9 Å². The molecule has 1 fully saturated rings. The topological polar surface area (TPSA) is 41.6 Å². The second kappa shape index (κ2) is 8.23. The Kier molecular flexibility index (Phi) is 5.79. The molecular weight excluding hydrogens is 319 g/mol. The summed E-state index contributed by atoms with van der Waals surface area (Å²) in [6.45, 7) is 6.39. The Labute approximate surface area is 147 Å². The van der Waals surface area contributed by atoms with E-state index in [2.05, 4.69) is 34.5 Å². The first-order valence-electron chi connectivity index (χ1n) is 8.55. The van der Waals surface area contributed by atoms with Crippen molar-refractivity contribution in [2.75, 3.05) is 31.6 Å².